The highest BCUT2D eigenvalue weighted by Crippen LogP contribution is 2.32. The number of ether oxygens (including phenoxy) is 1. The van der Waals surface area contributed by atoms with Crippen LogP contribution in [-0.2, 0) is 14.3 Å². The van der Waals surface area contributed by atoms with Crippen LogP contribution in [0.2, 0.25) is 5.02 Å². The molecular formula is C23H24ClN3O5. The number of hydrogen-bond acceptors (Lipinski definition) is 6. The molecule has 1 aliphatic heterocycles. The number of rotatable bonds is 9. The van der Waals surface area contributed by atoms with Crippen molar-refractivity contribution in [2.24, 2.45) is 0 Å². The number of non-ortho nitro benzene ring substituents is 1. The second-order valence-electron chi connectivity index (χ2n) is 7.68. The minimum absolute atomic E-state index is 0.0530. The van der Waals surface area contributed by atoms with Crippen LogP contribution < -0.4 is 5.32 Å². The number of anilines is 1. The molecule has 0 aliphatic carbocycles. The minimum atomic E-state index is -0.520. The zero-order chi connectivity index (χ0) is 23.4. The Morgan fingerprint density at radius 3 is 2.41 bits per heavy atom. The van der Waals surface area contributed by atoms with Gasteiger partial charge in [0.25, 0.3) is 17.5 Å². The van der Waals surface area contributed by atoms with Gasteiger partial charge < -0.3 is 10.1 Å². The summed E-state index contributed by atoms with van der Waals surface area (Å²) >= 11 is 6.21. The maximum atomic E-state index is 13.2. The lowest BCUT2D eigenvalue weighted by atomic mass is 10.0. The fourth-order valence-electron chi connectivity index (χ4n) is 3.27. The normalized spacial score (nSPS) is 14.0. The first-order chi connectivity index (χ1) is 15.2. The summed E-state index contributed by atoms with van der Waals surface area (Å²) in [7, 11) is 0. The minimum Gasteiger partial charge on any atom is -0.379 e. The van der Waals surface area contributed by atoms with Crippen LogP contribution in [-0.4, -0.2) is 40.9 Å². The molecule has 0 saturated carbocycles. The predicted molar refractivity (Wildman–Crippen MR) is 122 cm³/mol. The summed E-state index contributed by atoms with van der Waals surface area (Å²) in [4.78, 5) is 38.0. The van der Waals surface area contributed by atoms with E-state index in [9.17, 15) is 19.7 Å². The second-order valence-corrected chi connectivity index (χ2v) is 8.09. The maximum Gasteiger partial charge on any atom is 0.278 e. The molecule has 0 fully saturated rings. The van der Waals surface area contributed by atoms with Gasteiger partial charge in [0.15, 0.2) is 0 Å². The zero-order valence-corrected chi connectivity index (χ0v) is 18.8. The van der Waals surface area contributed by atoms with Crippen molar-refractivity contribution in [1.29, 1.82) is 0 Å². The summed E-state index contributed by atoms with van der Waals surface area (Å²) < 4.78 is 5.51. The third-order valence-electron chi connectivity index (χ3n) is 4.95. The largest absolute Gasteiger partial charge is 0.379 e. The van der Waals surface area contributed by atoms with E-state index in [1.54, 1.807) is 18.2 Å². The van der Waals surface area contributed by atoms with Crippen molar-refractivity contribution in [2.45, 2.75) is 33.3 Å². The van der Waals surface area contributed by atoms with Crippen molar-refractivity contribution in [3.63, 3.8) is 0 Å². The Balaban J connectivity index is 1.94. The number of aryl methyl sites for hydroxylation is 1. The number of nitrogens with one attached hydrogen (secondary N) is 1. The van der Waals surface area contributed by atoms with Crippen molar-refractivity contribution < 1.29 is 19.2 Å². The van der Waals surface area contributed by atoms with Crippen LogP contribution in [0, 0.1) is 17.0 Å². The number of amides is 2. The lowest BCUT2D eigenvalue weighted by molar-refractivity contribution is -0.384. The number of nitro groups is 1. The van der Waals surface area contributed by atoms with Crippen LogP contribution in [0.1, 0.15) is 31.4 Å². The average molecular weight is 458 g/mol. The van der Waals surface area contributed by atoms with Gasteiger partial charge in [0.05, 0.1) is 16.6 Å². The molecule has 168 valence electrons. The third kappa shape index (κ3) is 5.15. The molecule has 32 heavy (non-hydrogen) atoms. The predicted octanol–water partition coefficient (Wildman–Crippen LogP) is 4.56. The van der Waals surface area contributed by atoms with E-state index in [4.69, 9.17) is 16.3 Å². The van der Waals surface area contributed by atoms with E-state index in [0.29, 0.717) is 29.3 Å². The molecule has 1 heterocycles. The van der Waals surface area contributed by atoms with Gasteiger partial charge in [0.1, 0.15) is 5.70 Å². The Labute approximate surface area is 191 Å². The molecule has 0 bridgehead atoms. The lowest BCUT2D eigenvalue weighted by Gasteiger charge is -2.16. The molecule has 0 atom stereocenters. The number of nitro benzene ring substituents is 1. The van der Waals surface area contributed by atoms with E-state index < -0.39 is 16.7 Å². The number of benzene rings is 2. The quantitative estimate of drug-likeness (QED) is 0.256. The van der Waals surface area contributed by atoms with E-state index in [-0.39, 0.29) is 29.6 Å². The van der Waals surface area contributed by atoms with Gasteiger partial charge in [-0.1, -0.05) is 17.7 Å². The molecule has 0 spiro atoms. The highest BCUT2D eigenvalue weighted by atomic mass is 35.5. The van der Waals surface area contributed by atoms with Crippen LogP contribution in [0.15, 0.2) is 48.2 Å². The summed E-state index contributed by atoms with van der Waals surface area (Å²) in [5.74, 6) is -0.932. The molecule has 0 radical (unpaired) electrons. The fourth-order valence-corrected chi connectivity index (χ4v) is 3.45. The number of carbonyl (C=O) groups is 2. The van der Waals surface area contributed by atoms with E-state index in [1.165, 1.54) is 29.2 Å². The Morgan fingerprint density at radius 2 is 1.81 bits per heavy atom. The summed E-state index contributed by atoms with van der Waals surface area (Å²) in [6.07, 6.45) is 0.546. The Kier molecular flexibility index (Phi) is 7.27. The molecule has 0 saturated heterocycles. The highest BCUT2D eigenvalue weighted by molar-refractivity contribution is 6.36. The molecule has 0 unspecified atom stereocenters. The number of imide groups is 1. The Hall–Kier alpha value is -3.23. The molecule has 1 aliphatic rings. The van der Waals surface area contributed by atoms with Crippen molar-refractivity contribution in [3.05, 3.63) is 74.4 Å². The first-order valence-electron chi connectivity index (χ1n) is 10.2. The van der Waals surface area contributed by atoms with Crippen LogP contribution in [0.4, 0.5) is 11.4 Å². The van der Waals surface area contributed by atoms with Crippen LogP contribution >= 0.6 is 11.6 Å². The van der Waals surface area contributed by atoms with Crippen molar-refractivity contribution >= 4 is 40.4 Å². The van der Waals surface area contributed by atoms with Crippen molar-refractivity contribution in [1.82, 2.24) is 4.90 Å². The number of carbonyl (C=O) groups excluding carboxylic acids is 2. The van der Waals surface area contributed by atoms with E-state index in [1.807, 2.05) is 20.8 Å². The van der Waals surface area contributed by atoms with Crippen LogP contribution in [0.5, 0.6) is 0 Å². The Bertz CT molecular complexity index is 1080. The van der Waals surface area contributed by atoms with E-state index >= 15 is 0 Å². The second kappa shape index (κ2) is 9.93. The number of hydrogen-bond donors (Lipinski definition) is 1. The number of halogens is 1. The van der Waals surface area contributed by atoms with E-state index in [0.717, 1.165) is 5.56 Å². The molecule has 0 aromatic heterocycles. The first kappa shape index (κ1) is 23.4. The summed E-state index contributed by atoms with van der Waals surface area (Å²) in [6.45, 7) is 6.29. The summed E-state index contributed by atoms with van der Waals surface area (Å²) in [5, 5.41) is 14.5. The molecule has 2 aromatic carbocycles. The molecule has 8 nitrogen and oxygen atoms in total. The maximum absolute atomic E-state index is 13.2. The van der Waals surface area contributed by atoms with Gasteiger partial charge in [-0.2, -0.15) is 0 Å². The topological polar surface area (TPSA) is 102 Å². The van der Waals surface area contributed by atoms with Crippen molar-refractivity contribution in [2.75, 3.05) is 18.5 Å². The molecule has 2 aromatic rings. The molecule has 9 heteroatoms. The summed E-state index contributed by atoms with van der Waals surface area (Å²) in [5.41, 5.74) is 2.01. The van der Waals surface area contributed by atoms with Crippen LogP contribution in [0.25, 0.3) is 5.57 Å². The molecule has 3 rings (SSSR count). The number of nitrogens with zero attached hydrogens (tertiary/aromatic N) is 2. The van der Waals surface area contributed by atoms with Gasteiger partial charge in [0.2, 0.25) is 0 Å². The fraction of sp³-hybridized carbons (Fsp3) is 0.304. The SMILES string of the molecule is Cc1ccc(NC2=C(c3ccc([N+](=O)[O-])cc3)C(=O)N(CCCOC(C)C)C2=O)cc1Cl. The third-order valence-corrected chi connectivity index (χ3v) is 5.36. The van der Waals surface area contributed by atoms with Crippen LogP contribution in [0.3, 0.4) is 0 Å². The van der Waals surface area contributed by atoms with Gasteiger partial charge in [-0.25, -0.2) is 0 Å². The van der Waals surface area contributed by atoms with Gasteiger partial charge >= 0.3 is 0 Å². The smallest absolute Gasteiger partial charge is 0.278 e. The molecule has 2 amide bonds. The lowest BCUT2D eigenvalue weighted by Crippen LogP contribution is -2.34. The zero-order valence-electron chi connectivity index (χ0n) is 18.1. The monoisotopic (exact) mass is 457 g/mol. The Morgan fingerprint density at radius 1 is 1.12 bits per heavy atom. The first-order valence-corrected chi connectivity index (χ1v) is 10.6. The average Bonchev–Trinajstić information content (AvgIpc) is 2.97. The van der Waals surface area contributed by atoms with Gasteiger partial charge in [0, 0.05) is 36.0 Å². The van der Waals surface area contributed by atoms with Crippen molar-refractivity contribution in [3.8, 4) is 0 Å². The highest BCUT2D eigenvalue weighted by Gasteiger charge is 2.39. The molecular weight excluding hydrogens is 434 g/mol. The van der Waals surface area contributed by atoms with Gasteiger partial charge in [-0.05, 0) is 62.6 Å². The van der Waals surface area contributed by atoms with Gasteiger partial charge in [-0.15, -0.1) is 0 Å². The standard InChI is InChI=1S/C23H24ClN3O5/c1-14(2)32-12-4-11-26-22(28)20(16-6-9-18(10-7-16)27(30)31)21(23(26)29)25-17-8-5-15(3)19(24)13-17/h5-10,13-14,25H,4,11-12H2,1-3H3. The van der Waals surface area contributed by atoms with E-state index in [2.05, 4.69) is 5.32 Å². The summed E-state index contributed by atoms with van der Waals surface area (Å²) in [6, 6.07) is 10.8. The van der Waals surface area contributed by atoms with Gasteiger partial charge in [-0.3, -0.25) is 24.6 Å². The molecule has 1 N–H and O–H groups in total.